The van der Waals surface area contributed by atoms with Crippen molar-refractivity contribution in [3.05, 3.63) is 28.8 Å². The molecule has 2 rings (SSSR count). The molecule has 0 spiro atoms. The minimum atomic E-state index is -4.62. The molecule has 1 aliphatic rings. The van der Waals surface area contributed by atoms with Crippen LogP contribution >= 0.6 is 11.6 Å². The van der Waals surface area contributed by atoms with E-state index in [0.29, 0.717) is 13.1 Å². The molecule has 1 unspecified atom stereocenters. The van der Waals surface area contributed by atoms with Gasteiger partial charge in [-0.2, -0.15) is 13.2 Å². The molecule has 1 aliphatic heterocycles. The Morgan fingerprint density at radius 2 is 2.17 bits per heavy atom. The molecule has 132 valence electrons. The Labute approximate surface area is 141 Å². The third kappa shape index (κ3) is 4.39. The average molecular weight is 365 g/mol. The number of benzene rings is 1. The van der Waals surface area contributed by atoms with Gasteiger partial charge >= 0.3 is 12.1 Å². The quantitative estimate of drug-likeness (QED) is 0.835. The molecule has 0 aromatic heterocycles. The lowest BCUT2D eigenvalue weighted by Crippen LogP contribution is -2.50. The van der Waals surface area contributed by atoms with Crippen LogP contribution in [0.15, 0.2) is 18.2 Å². The highest BCUT2D eigenvalue weighted by Crippen LogP contribution is 2.36. The van der Waals surface area contributed by atoms with Gasteiger partial charge < -0.3 is 10.1 Å². The van der Waals surface area contributed by atoms with Gasteiger partial charge in [0.25, 0.3) is 0 Å². The standard InChI is InChI=1S/C15H16ClF3N2O3/c1-2-21-5-6-24-14(23)12(21)8-13(22)20-9-3-4-11(16)10(7-9)15(17,18)19/h3-4,7,12H,2,5-6,8H2,1H3,(H,20,22). The Kier molecular flexibility index (Phi) is 5.71. The molecule has 1 saturated heterocycles. The number of nitrogens with one attached hydrogen (secondary N) is 1. The van der Waals surface area contributed by atoms with Crippen molar-refractivity contribution >= 4 is 29.2 Å². The van der Waals surface area contributed by atoms with Gasteiger partial charge in [-0.15, -0.1) is 0 Å². The summed E-state index contributed by atoms with van der Waals surface area (Å²) in [5.74, 6) is -1.09. The largest absolute Gasteiger partial charge is 0.463 e. The summed E-state index contributed by atoms with van der Waals surface area (Å²) in [6.07, 6.45) is -4.82. The van der Waals surface area contributed by atoms with E-state index < -0.39 is 34.7 Å². The number of ether oxygens (including phenoxy) is 1. The minimum Gasteiger partial charge on any atom is -0.463 e. The first-order chi connectivity index (χ1) is 11.2. The number of cyclic esters (lactones) is 1. The molecule has 5 nitrogen and oxygen atoms in total. The SMILES string of the molecule is CCN1CCOC(=O)C1CC(=O)Nc1ccc(Cl)c(C(F)(F)F)c1. The van der Waals surface area contributed by atoms with E-state index in [1.807, 2.05) is 6.92 Å². The summed E-state index contributed by atoms with van der Waals surface area (Å²) in [4.78, 5) is 25.6. The number of alkyl halides is 3. The Balaban J connectivity index is 2.08. The fourth-order valence-corrected chi connectivity index (χ4v) is 2.69. The Hall–Kier alpha value is -1.80. The Bertz CT molecular complexity index is 637. The van der Waals surface area contributed by atoms with Crippen molar-refractivity contribution in [2.75, 3.05) is 25.0 Å². The number of hydrogen-bond acceptors (Lipinski definition) is 4. The van der Waals surface area contributed by atoms with Gasteiger partial charge in [0.05, 0.1) is 17.0 Å². The number of amides is 1. The van der Waals surface area contributed by atoms with Crippen molar-refractivity contribution in [2.45, 2.75) is 25.6 Å². The van der Waals surface area contributed by atoms with Crippen LogP contribution in [0.25, 0.3) is 0 Å². The number of anilines is 1. The lowest BCUT2D eigenvalue weighted by atomic mass is 10.1. The number of likely N-dealkylation sites (N-methyl/N-ethyl adjacent to an activating group) is 1. The second kappa shape index (κ2) is 7.40. The maximum Gasteiger partial charge on any atom is 0.417 e. The van der Waals surface area contributed by atoms with Crippen LogP contribution in [0, 0.1) is 0 Å². The highest BCUT2D eigenvalue weighted by Gasteiger charge is 2.34. The lowest BCUT2D eigenvalue weighted by Gasteiger charge is -2.32. The Morgan fingerprint density at radius 3 is 2.79 bits per heavy atom. The molecule has 1 N–H and O–H groups in total. The number of carbonyl (C=O) groups excluding carboxylic acids is 2. The van der Waals surface area contributed by atoms with Crippen LogP contribution in [-0.4, -0.2) is 42.5 Å². The lowest BCUT2D eigenvalue weighted by molar-refractivity contribution is -0.158. The molecule has 1 amide bonds. The summed E-state index contributed by atoms with van der Waals surface area (Å²) in [6, 6.07) is 2.36. The molecule has 0 saturated carbocycles. The molecular weight excluding hydrogens is 349 g/mol. The van der Waals surface area contributed by atoms with Gasteiger partial charge in [0.1, 0.15) is 12.6 Å². The van der Waals surface area contributed by atoms with E-state index in [1.165, 1.54) is 6.07 Å². The summed E-state index contributed by atoms with van der Waals surface area (Å²) >= 11 is 5.53. The maximum atomic E-state index is 12.8. The van der Waals surface area contributed by atoms with Crippen LogP contribution in [0.1, 0.15) is 18.9 Å². The van der Waals surface area contributed by atoms with E-state index in [-0.39, 0.29) is 18.7 Å². The zero-order valence-electron chi connectivity index (χ0n) is 12.8. The third-order valence-corrected chi connectivity index (χ3v) is 4.01. The highest BCUT2D eigenvalue weighted by molar-refractivity contribution is 6.31. The Morgan fingerprint density at radius 1 is 1.46 bits per heavy atom. The molecule has 1 fully saturated rings. The number of nitrogens with zero attached hydrogens (tertiary/aromatic N) is 1. The van der Waals surface area contributed by atoms with E-state index >= 15 is 0 Å². The van der Waals surface area contributed by atoms with Crippen molar-refractivity contribution < 1.29 is 27.5 Å². The summed E-state index contributed by atoms with van der Waals surface area (Å²) in [6.45, 7) is 3.18. The number of morpholine rings is 1. The van der Waals surface area contributed by atoms with Gasteiger partial charge in [0.15, 0.2) is 0 Å². The zero-order chi connectivity index (χ0) is 17.9. The normalized spacial score (nSPS) is 19.0. The van der Waals surface area contributed by atoms with Crippen molar-refractivity contribution in [3.8, 4) is 0 Å². The number of carbonyl (C=O) groups is 2. The molecule has 1 aromatic rings. The van der Waals surface area contributed by atoms with Crippen molar-refractivity contribution in [3.63, 3.8) is 0 Å². The number of rotatable bonds is 4. The highest BCUT2D eigenvalue weighted by atomic mass is 35.5. The van der Waals surface area contributed by atoms with E-state index in [4.69, 9.17) is 16.3 Å². The first kappa shape index (κ1) is 18.5. The number of hydrogen-bond donors (Lipinski definition) is 1. The summed E-state index contributed by atoms with van der Waals surface area (Å²) < 4.78 is 43.4. The fourth-order valence-electron chi connectivity index (χ4n) is 2.46. The van der Waals surface area contributed by atoms with Crippen LogP contribution in [-0.2, 0) is 20.5 Å². The van der Waals surface area contributed by atoms with Gasteiger partial charge in [-0.3, -0.25) is 14.5 Å². The van der Waals surface area contributed by atoms with E-state index in [2.05, 4.69) is 5.32 Å². The van der Waals surface area contributed by atoms with Crippen LogP contribution in [0.5, 0.6) is 0 Å². The van der Waals surface area contributed by atoms with Gasteiger partial charge in [-0.1, -0.05) is 18.5 Å². The molecule has 0 bridgehead atoms. The predicted octanol–water partition coefficient (Wildman–Crippen LogP) is 2.93. The van der Waals surface area contributed by atoms with E-state index in [1.54, 1.807) is 4.90 Å². The van der Waals surface area contributed by atoms with Crippen molar-refractivity contribution in [1.82, 2.24) is 4.90 Å². The van der Waals surface area contributed by atoms with Gasteiger partial charge in [0, 0.05) is 12.2 Å². The number of esters is 1. The molecule has 0 radical (unpaired) electrons. The molecule has 1 aromatic carbocycles. The molecule has 1 atom stereocenters. The maximum absolute atomic E-state index is 12.8. The summed E-state index contributed by atoms with van der Waals surface area (Å²) in [5, 5.41) is 1.91. The molecule has 1 heterocycles. The smallest absolute Gasteiger partial charge is 0.417 e. The predicted molar refractivity (Wildman–Crippen MR) is 81.7 cm³/mol. The van der Waals surface area contributed by atoms with Crippen LogP contribution < -0.4 is 5.32 Å². The average Bonchev–Trinajstić information content (AvgIpc) is 2.50. The van der Waals surface area contributed by atoms with Gasteiger partial charge in [0.2, 0.25) is 5.91 Å². The summed E-state index contributed by atoms with van der Waals surface area (Å²) in [7, 11) is 0. The molecule has 24 heavy (non-hydrogen) atoms. The second-order valence-corrected chi connectivity index (χ2v) is 5.66. The molecule has 9 heteroatoms. The zero-order valence-corrected chi connectivity index (χ0v) is 13.6. The fraction of sp³-hybridized carbons (Fsp3) is 0.467. The first-order valence-electron chi connectivity index (χ1n) is 7.29. The van der Waals surface area contributed by atoms with Gasteiger partial charge in [-0.25, -0.2) is 0 Å². The third-order valence-electron chi connectivity index (χ3n) is 3.68. The van der Waals surface area contributed by atoms with Crippen LogP contribution in [0.4, 0.5) is 18.9 Å². The monoisotopic (exact) mass is 364 g/mol. The van der Waals surface area contributed by atoms with Crippen molar-refractivity contribution in [1.29, 1.82) is 0 Å². The number of halogens is 4. The minimum absolute atomic E-state index is 0.0380. The topological polar surface area (TPSA) is 58.6 Å². The van der Waals surface area contributed by atoms with Crippen LogP contribution in [0.3, 0.4) is 0 Å². The molecule has 0 aliphatic carbocycles. The first-order valence-corrected chi connectivity index (χ1v) is 7.67. The van der Waals surface area contributed by atoms with Gasteiger partial charge in [-0.05, 0) is 24.7 Å². The van der Waals surface area contributed by atoms with Crippen molar-refractivity contribution in [2.24, 2.45) is 0 Å². The van der Waals surface area contributed by atoms with E-state index in [9.17, 15) is 22.8 Å². The second-order valence-electron chi connectivity index (χ2n) is 5.26. The summed E-state index contributed by atoms with van der Waals surface area (Å²) in [5.41, 5.74) is -1.07. The van der Waals surface area contributed by atoms with Crippen LogP contribution in [0.2, 0.25) is 5.02 Å². The molecular formula is C15H16ClF3N2O3. The van der Waals surface area contributed by atoms with E-state index in [0.717, 1.165) is 12.1 Å².